The number of sulfonamides is 1. The number of nitrogens with one attached hydrogen (secondary N) is 1. The van der Waals surface area contributed by atoms with Gasteiger partial charge in [-0.3, -0.25) is 25.0 Å². The third-order valence-electron chi connectivity index (χ3n) is 3.10. The third kappa shape index (κ3) is 4.05. The van der Waals surface area contributed by atoms with E-state index in [4.69, 9.17) is 0 Å². The lowest BCUT2D eigenvalue weighted by molar-refractivity contribution is -0.385. The molecule has 1 N–H and O–H groups in total. The first kappa shape index (κ1) is 19.1. The molecule has 0 spiro atoms. The van der Waals surface area contributed by atoms with E-state index in [1.165, 1.54) is 0 Å². The number of nitrogens with zero attached hydrogens (tertiary/aromatic N) is 2. The van der Waals surface area contributed by atoms with E-state index >= 15 is 0 Å². The van der Waals surface area contributed by atoms with Crippen LogP contribution in [-0.2, 0) is 16.2 Å². The number of alkyl halides is 3. The van der Waals surface area contributed by atoms with E-state index in [1.807, 2.05) is 0 Å². The maximum Gasteiger partial charge on any atom is 0.418 e. The van der Waals surface area contributed by atoms with Crippen molar-refractivity contribution in [2.45, 2.75) is 11.1 Å². The van der Waals surface area contributed by atoms with Gasteiger partial charge < -0.3 is 0 Å². The van der Waals surface area contributed by atoms with Crippen molar-refractivity contribution in [1.29, 1.82) is 0 Å². The topological polar surface area (TPSA) is 132 Å². The standard InChI is InChI=1S/C13H8F3N3O6S/c14-13(15,16)11-7-9(19(22)23)4-5-12(11)17-26(24,25)10-3-1-2-8(6-10)18(20)21/h1-7,17H. The molecular weight excluding hydrogens is 383 g/mol. The lowest BCUT2D eigenvalue weighted by atomic mass is 10.1. The summed E-state index contributed by atoms with van der Waals surface area (Å²) in [6, 6.07) is 5.15. The number of anilines is 1. The van der Waals surface area contributed by atoms with Crippen LogP contribution < -0.4 is 4.72 Å². The molecule has 0 fully saturated rings. The van der Waals surface area contributed by atoms with Gasteiger partial charge in [-0.05, 0) is 12.1 Å². The normalized spacial score (nSPS) is 11.8. The second-order valence-corrected chi connectivity index (χ2v) is 6.53. The van der Waals surface area contributed by atoms with Crippen LogP contribution in [-0.4, -0.2) is 18.3 Å². The van der Waals surface area contributed by atoms with Crippen molar-refractivity contribution in [3.63, 3.8) is 0 Å². The number of non-ortho nitro benzene ring substituents is 2. The highest BCUT2D eigenvalue weighted by molar-refractivity contribution is 7.92. The van der Waals surface area contributed by atoms with Crippen molar-refractivity contribution in [3.8, 4) is 0 Å². The summed E-state index contributed by atoms with van der Waals surface area (Å²) in [5.41, 5.74) is -3.97. The molecule has 0 heterocycles. The van der Waals surface area contributed by atoms with Crippen LogP contribution in [0.15, 0.2) is 47.4 Å². The molecule has 0 atom stereocenters. The van der Waals surface area contributed by atoms with Crippen molar-refractivity contribution in [1.82, 2.24) is 0 Å². The number of benzene rings is 2. The smallest absolute Gasteiger partial charge is 0.279 e. The zero-order valence-corrected chi connectivity index (χ0v) is 13.2. The Hall–Kier alpha value is -3.22. The number of hydrogen-bond acceptors (Lipinski definition) is 6. The fraction of sp³-hybridized carbons (Fsp3) is 0.0769. The first-order valence-corrected chi connectivity index (χ1v) is 8.03. The Labute approximate surface area is 143 Å². The summed E-state index contributed by atoms with van der Waals surface area (Å²) < 4.78 is 65.4. The molecule has 0 saturated carbocycles. The lowest BCUT2D eigenvalue weighted by Gasteiger charge is -2.14. The molecule has 0 aromatic heterocycles. The predicted octanol–water partition coefficient (Wildman–Crippen LogP) is 3.32. The van der Waals surface area contributed by atoms with Crippen LogP contribution >= 0.6 is 0 Å². The van der Waals surface area contributed by atoms with Crippen molar-refractivity contribution in [3.05, 3.63) is 68.3 Å². The molecule has 0 aliphatic rings. The molecule has 2 rings (SSSR count). The van der Waals surface area contributed by atoms with Crippen LogP contribution in [0, 0.1) is 20.2 Å². The molecule has 138 valence electrons. The molecule has 0 aliphatic heterocycles. The molecule has 13 heteroatoms. The Morgan fingerprint density at radius 3 is 2.04 bits per heavy atom. The highest BCUT2D eigenvalue weighted by atomic mass is 32.2. The van der Waals surface area contributed by atoms with Crippen LogP contribution in [0.2, 0.25) is 0 Å². The van der Waals surface area contributed by atoms with E-state index < -0.39 is 53.6 Å². The molecule has 26 heavy (non-hydrogen) atoms. The summed E-state index contributed by atoms with van der Waals surface area (Å²) in [7, 11) is -4.61. The molecule has 0 aliphatic carbocycles. The van der Waals surface area contributed by atoms with E-state index in [0.717, 1.165) is 18.2 Å². The average molecular weight is 391 g/mol. The predicted molar refractivity (Wildman–Crippen MR) is 82.0 cm³/mol. The number of hydrogen-bond donors (Lipinski definition) is 1. The molecule has 0 amide bonds. The van der Waals surface area contributed by atoms with Gasteiger partial charge in [0.05, 0.1) is 26.0 Å². The minimum Gasteiger partial charge on any atom is -0.279 e. The maximum absolute atomic E-state index is 13.1. The zero-order valence-electron chi connectivity index (χ0n) is 12.4. The number of nitro groups is 2. The number of rotatable bonds is 5. The second-order valence-electron chi connectivity index (χ2n) is 4.84. The summed E-state index contributed by atoms with van der Waals surface area (Å²) in [5.74, 6) is 0. The Kier molecular flexibility index (Phi) is 4.84. The van der Waals surface area contributed by atoms with Gasteiger partial charge in [0.15, 0.2) is 0 Å². The Bertz CT molecular complexity index is 991. The largest absolute Gasteiger partial charge is 0.418 e. The highest BCUT2D eigenvalue weighted by Crippen LogP contribution is 2.38. The van der Waals surface area contributed by atoms with Gasteiger partial charge in [0, 0.05) is 24.3 Å². The molecular formula is C13H8F3N3O6S. The van der Waals surface area contributed by atoms with Gasteiger partial charge in [0.25, 0.3) is 21.4 Å². The van der Waals surface area contributed by atoms with E-state index in [1.54, 1.807) is 4.72 Å². The first-order valence-electron chi connectivity index (χ1n) is 6.55. The summed E-state index contributed by atoms with van der Waals surface area (Å²) in [6.45, 7) is 0. The summed E-state index contributed by atoms with van der Waals surface area (Å²) in [5, 5.41) is 21.3. The van der Waals surface area contributed by atoms with Crippen LogP contribution in [0.25, 0.3) is 0 Å². The first-order chi connectivity index (χ1) is 11.9. The SMILES string of the molecule is O=[N+]([O-])c1cccc(S(=O)(=O)Nc2ccc([N+](=O)[O-])cc2C(F)(F)F)c1. The molecule has 0 unspecified atom stereocenters. The fourth-order valence-corrected chi connectivity index (χ4v) is 3.06. The van der Waals surface area contributed by atoms with Gasteiger partial charge in [-0.1, -0.05) is 6.07 Å². The Morgan fingerprint density at radius 1 is 0.923 bits per heavy atom. The van der Waals surface area contributed by atoms with Crippen LogP contribution in [0.4, 0.5) is 30.2 Å². The third-order valence-corrected chi connectivity index (χ3v) is 4.47. The molecule has 0 bridgehead atoms. The minimum absolute atomic E-state index is 0.186. The molecule has 0 radical (unpaired) electrons. The summed E-state index contributed by atoms with van der Waals surface area (Å²) >= 11 is 0. The van der Waals surface area contributed by atoms with Gasteiger partial charge in [-0.25, -0.2) is 8.42 Å². The lowest BCUT2D eigenvalue weighted by Crippen LogP contribution is -2.17. The average Bonchev–Trinajstić information content (AvgIpc) is 2.53. The summed E-state index contributed by atoms with van der Waals surface area (Å²) in [6.07, 6.45) is -5.08. The Balaban J connectivity index is 2.51. The number of halogens is 3. The van der Waals surface area contributed by atoms with E-state index in [-0.39, 0.29) is 6.07 Å². The van der Waals surface area contributed by atoms with Crippen molar-refractivity contribution in [2.75, 3.05) is 4.72 Å². The fourth-order valence-electron chi connectivity index (χ4n) is 1.94. The molecule has 2 aromatic carbocycles. The maximum atomic E-state index is 13.1. The van der Waals surface area contributed by atoms with Crippen molar-refractivity contribution >= 4 is 27.1 Å². The van der Waals surface area contributed by atoms with E-state index in [2.05, 4.69) is 0 Å². The summed E-state index contributed by atoms with van der Waals surface area (Å²) in [4.78, 5) is 18.8. The zero-order chi connectivity index (χ0) is 19.7. The minimum atomic E-state index is -5.08. The quantitative estimate of drug-likeness (QED) is 0.614. The van der Waals surface area contributed by atoms with Gasteiger partial charge in [-0.15, -0.1) is 0 Å². The highest BCUT2D eigenvalue weighted by Gasteiger charge is 2.36. The van der Waals surface area contributed by atoms with Gasteiger partial charge in [0.2, 0.25) is 0 Å². The van der Waals surface area contributed by atoms with Crippen LogP contribution in [0.3, 0.4) is 0 Å². The second kappa shape index (κ2) is 6.59. The van der Waals surface area contributed by atoms with Crippen molar-refractivity contribution < 1.29 is 31.4 Å². The van der Waals surface area contributed by atoms with Crippen LogP contribution in [0.1, 0.15) is 5.56 Å². The van der Waals surface area contributed by atoms with Crippen LogP contribution in [0.5, 0.6) is 0 Å². The van der Waals surface area contributed by atoms with Gasteiger partial charge in [-0.2, -0.15) is 13.2 Å². The van der Waals surface area contributed by atoms with E-state index in [9.17, 15) is 41.8 Å². The van der Waals surface area contributed by atoms with Crippen molar-refractivity contribution in [2.24, 2.45) is 0 Å². The molecule has 9 nitrogen and oxygen atoms in total. The number of nitro benzene ring substituents is 2. The Morgan fingerprint density at radius 2 is 1.50 bits per heavy atom. The van der Waals surface area contributed by atoms with Gasteiger partial charge >= 0.3 is 6.18 Å². The van der Waals surface area contributed by atoms with E-state index in [0.29, 0.717) is 18.2 Å². The molecule has 2 aromatic rings. The molecule has 0 saturated heterocycles. The van der Waals surface area contributed by atoms with Gasteiger partial charge in [0.1, 0.15) is 0 Å². The monoisotopic (exact) mass is 391 g/mol.